The molecule has 1 saturated carbocycles. The molecule has 1 rings (SSSR count). The zero-order valence-corrected chi connectivity index (χ0v) is 9.54. The molecule has 0 saturated heterocycles. The quantitative estimate of drug-likeness (QED) is 0.555. The van der Waals surface area contributed by atoms with Gasteiger partial charge in [-0.1, -0.05) is 15.9 Å². The molecule has 0 N–H and O–H groups in total. The van der Waals surface area contributed by atoms with Gasteiger partial charge in [0.25, 0.3) is 0 Å². The lowest BCUT2D eigenvalue weighted by atomic mass is 9.95. The number of carbonyl (C=O) groups excluding carboxylic acids is 1. The van der Waals surface area contributed by atoms with Crippen molar-refractivity contribution in [2.45, 2.75) is 43.2 Å². The summed E-state index contributed by atoms with van der Waals surface area (Å²) in [5.41, 5.74) is 0. The Morgan fingerprint density at radius 3 is 2.54 bits per heavy atom. The Hall–Kier alpha value is -0.0900. The summed E-state index contributed by atoms with van der Waals surface area (Å²) in [5, 5.41) is 0. The molecule has 3 nitrogen and oxygen atoms in total. The van der Waals surface area contributed by atoms with Crippen molar-refractivity contribution in [2.75, 3.05) is 7.11 Å². The van der Waals surface area contributed by atoms with E-state index in [4.69, 9.17) is 9.47 Å². The fraction of sp³-hybridized carbons (Fsp3) is 0.889. The van der Waals surface area contributed by atoms with Crippen molar-refractivity contribution < 1.29 is 14.3 Å². The van der Waals surface area contributed by atoms with E-state index in [1.807, 2.05) is 0 Å². The molecule has 0 amide bonds. The molecule has 1 fully saturated rings. The van der Waals surface area contributed by atoms with Crippen LogP contribution in [-0.2, 0) is 14.3 Å². The number of halogens is 1. The molecule has 0 unspecified atom stereocenters. The maximum atomic E-state index is 10.8. The van der Waals surface area contributed by atoms with Crippen LogP contribution in [0.1, 0.15) is 26.2 Å². The minimum Gasteiger partial charge on any atom is -0.461 e. The largest absolute Gasteiger partial charge is 0.461 e. The zero-order valence-electron chi connectivity index (χ0n) is 7.96. The van der Waals surface area contributed by atoms with Gasteiger partial charge in [-0.3, -0.25) is 4.79 Å². The molecule has 0 bridgehead atoms. The molecule has 0 aromatic rings. The summed E-state index contributed by atoms with van der Waals surface area (Å²) in [6.07, 6.45) is 3.15. The highest BCUT2D eigenvalue weighted by atomic mass is 79.9. The highest BCUT2D eigenvalue weighted by Crippen LogP contribution is 2.29. The van der Waals surface area contributed by atoms with Gasteiger partial charge in [-0.05, 0) is 19.3 Å². The van der Waals surface area contributed by atoms with Crippen molar-refractivity contribution in [2.24, 2.45) is 0 Å². The van der Waals surface area contributed by atoms with Crippen LogP contribution in [-0.4, -0.2) is 30.1 Å². The van der Waals surface area contributed by atoms with Gasteiger partial charge < -0.3 is 9.47 Å². The van der Waals surface area contributed by atoms with Gasteiger partial charge in [0.2, 0.25) is 0 Å². The van der Waals surface area contributed by atoms with Crippen molar-refractivity contribution in [3.63, 3.8) is 0 Å². The predicted octanol–water partition coefficient (Wildman–Crippen LogP) is 1.88. The van der Waals surface area contributed by atoms with Crippen molar-refractivity contribution in [3.8, 4) is 0 Å². The SMILES string of the molecule is CO[C@@H]1CCC[C@H](OC(C)=O)[C@H]1Br. The lowest BCUT2D eigenvalue weighted by Crippen LogP contribution is -2.40. The normalized spacial score (nSPS) is 34.2. The van der Waals surface area contributed by atoms with E-state index >= 15 is 0 Å². The number of hydrogen-bond acceptors (Lipinski definition) is 3. The van der Waals surface area contributed by atoms with Crippen molar-refractivity contribution in [3.05, 3.63) is 0 Å². The first-order valence-corrected chi connectivity index (χ1v) is 5.40. The van der Waals surface area contributed by atoms with E-state index in [1.165, 1.54) is 6.92 Å². The summed E-state index contributed by atoms with van der Waals surface area (Å²) >= 11 is 3.51. The molecule has 0 aliphatic heterocycles. The number of methoxy groups -OCH3 is 1. The zero-order chi connectivity index (χ0) is 9.84. The number of carbonyl (C=O) groups is 1. The van der Waals surface area contributed by atoms with Crippen LogP contribution in [0.4, 0.5) is 0 Å². The molecule has 0 aromatic heterocycles. The molecule has 0 aromatic carbocycles. The molecule has 3 atom stereocenters. The van der Waals surface area contributed by atoms with Crippen LogP contribution in [0, 0.1) is 0 Å². The first kappa shape index (κ1) is 11.0. The van der Waals surface area contributed by atoms with Crippen LogP contribution >= 0.6 is 15.9 Å². The molecule has 13 heavy (non-hydrogen) atoms. The van der Waals surface area contributed by atoms with Crippen molar-refractivity contribution in [1.29, 1.82) is 0 Å². The van der Waals surface area contributed by atoms with Crippen LogP contribution in [0.3, 0.4) is 0 Å². The second-order valence-corrected chi connectivity index (χ2v) is 4.35. The van der Waals surface area contributed by atoms with Crippen molar-refractivity contribution in [1.82, 2.24) is 0 Å². The number of hydrogen-bond donors (Lipinski definition) is 0. The summed E-state index contributed by atoms with van der Waals surface area (Å²) < 4.78 is 10.4. The van der Waals surface area contributed by atoms with E-state index < -0.39 is 0 Å². The van der Waals surface area contributed by atoms with Gasteiger partial charge in [0.1, 0.15) is 6.10 Å². The van der Waals surface area contributed by atoms with Gasteiger partial charge in [-0.15, -0.1) is 0 Å². The third-order valence-corrected chi connectivity index (χ3v) is 3.49. The molecule has 0 spiro atoms. The molecular weight excluding hydrogens is 236 g/mol. The third-order valence-electron chi connectivity index (χ3n) is 2.31. The minimum atomic E-state index is -0.216. The summed E-state index contributed by atoms with van der Waals surface area (Å²) in [5.74, 6) is -0.216. The smallest absolute Gasteiger partial charge is 0.302 e. The standard InChI is InChI=1S/C9H15BrO3/c1-6(11)13-8-5-3-4-7(12-2)9(8)10/h7-9H,3-5H2,1-2H3/t7-,8+,9+/m1/s1. The topological polar surface area (TPSA) is 35.5 Å². The average Bonchev–Trinajstić information content (AvgIpc) is 2.08. The number of alkyl halides is 1. The summed E-state index contributed by atoms with van der Waals surface area (Å²) in [6.45, 7) is 1.44. The summed E-state index contributed by atoms with van der Waals surface area (Å²) in [4.78, 5) is 10.9. The molecule has 0 heterocycles. The molecular formula is C9H15BrO3. The van der Waals surface area contributed by atoms with E-state index in [-0.39, 0.29) is 23.0 Å². The second kappa shape index (κ2) is 4.96. The number of esters is 1. The minimum absolute atomic E-state index is 0.0313. The second-order valence-electron chi connectivity index (χ2n) is 3.30. The van der Waals surface area contributed by atoms with Gasteiger partial charge in [-0.2, -0.15) is 0 Å². The van der Waals surface area contributed by atoms with Crippen LogP contribution in [0.25, 0.3) is 0 Å². The Morgan fingerprint density at radius 1 is 1.38 bits per heavy atom. The molecule has 1 aliphatic rings. The Bertz CT molecular complexity index is 184. The molecule has 4 heteroatoms. The number of ether oxygens (including phenoxy) is 2. The van der Waals surface area contributed by atoms with Gasteiger partial charge >= 0.3 is 5.97 Å². The highest BCUT2D eigenvalue weighted by molar-refractivity contribution is 9.09. The van der Waals surface area contributed by atoms with Gasteiger partial charge in [0, 0.05) is 14.0 Å². The van der Waals surface area contributed by atoms with Gasteiger partial charge in [0.05, 0.1) is 10.9 Å². The maximum Gasteiger partial charge on any atom is 0.302 e. The maximum absolute atomic E-state index is 10.8. The molecule has 1 aliphatic carbocycles. The summed E-state index contributed by atoms with van der Waals surface area (Å²) in [7, 11) is 1.69. The Labute approximate surface area is 86.9 Å². The Balaban J connectivity index is 2.49. The van der Waals surface area contributed by atoms with Gasteiger partial charge in [0.15, 0.2) is 0 Å². The molecule has 76 valence electrons. The van der Waals surface area contributed by atoms with Crippen LogP contribution < -0.4 is 0 Å². The third kappa shape index (κ3) is 2.95. The highest BCUT2D eigenvalue weighted by Gasteiger charge is 2.33. The first-order chi connectivity index (χ1) is 6.15. The van der Waals surface area contributed by atoms with E-state index in [1.54, 1.807) is 7.11 Å². The number of rotatable bonds is 2. The lowest BCUT2D eigenvalue weighted by molar-refractivity contribution is -0.149. The molecule has 0 radical (unpaired) electrons. The Morgan fingerprint density at radius 2 is 2.00 bits per heavy atom. The van der Waals surface area contributed by atoms with Crippen LogP contribution in [0.5, 0.6) is 0 Å². The van der Waals surface area contributed by atoms with E-state index in [0.29, 0.717) is 0 Å². The first-order valence-electron chi connectivity index (χ1n) is 4.49. The Kier molecular flexibility index (Phi) is 4.19. The van der Waals surface area contributed by atoms with Crippen LogP contribution in [0.2, 0.25) is 0 Å². The monoisotopic (exact) mass is 250 g/mol. The summed E-state index contributed by atoms with van der Waals surface area (Å²) in [6, 6.07) is 0. The van der Waals surface area contributed by atoms with E-state index in [2.05, 4.69) is 15.9 Å². The van der Waals surface area contributed by atoms with Crippen molar-refractivity contribution >= 4 is 21.9 Å². The lowest BCUT2D eigenvalue weighted by Gasteiger charge is -2.32. The van der Waals surface area contributed by atoms with Gasteiger partial charge in [-0.25, -0.2) is 0 Å². The fourth-order valence-electron chi connectivity index (χ4n) is 1.66. The fourth-order valence-corrected chi connectivity index (χ4v) is 2.52. The van der Waals surface area contributed by atoms with E-state index in [0.717, 1.165) is 19.3 Å². The van der Waals surface area contributed by atoms with E-state index in [9.17, 15) is 4.79 Å². The van der Waals surface area contributed by atoms with Crippen LogP contribution in [0.15, 0.2) is 0 Å². The average molecular weight is 251 g/mol. The predicted molar refractivity (Wildman–Crippen MR) is 52.9 cm³/mol.